The summed E-state index contributed by atoms with van der Waals surface area (Å²) in [4.78, 5) is 33.5. The summed E-state index contributed by atoms with van der Waals surface area (Å²) < 4.78 is 47.3. The molecule has 1 aliphatic carbocycles. The van der Waals surface area contributed by atoms with Crippen LogP contribution in [0.15, 0.2) is 41.6 Å². The van der Waals surface area contributed by atoms with Crippen molar-refractivity contribution in [2.24, 2.45) is 5.92 Å². The highest BCUT2D eigenvalue weighted by molar-refractivity contribution is 7.91. The van der Waals surface area contributed by atoms with Crippen LogP contribution in [-0.2, 0) is 14.5 Å². The molecule has 1 atom stereocenters. The molecule has 2 heterocycles. The molecule has 0 bridgehead atoms. The van der Waals surface area contributed by atoms with Gasteiger partial charge in [0.15, 0.2) is 23.1 Å². The van der Waals surface area contributed by atoms with E-state index >= 15 is 0 Å². The van der Waals surface area contributed by atoms with Crippen molar-refractivity contribution in [3.63, 3.8) is 0 Å². The van der Waals surface area contributed by atoms with Crippen molar-refractivity contribution in [1.29, 1.82) is 4.78 Å². The second-order valence-corrected chi connectivity index (χ2v) is 9.97. The third-order valence-electron chi connectivity index (χ3n) is 5.13. The van der Waals surface area contributed by atoms with Gasteiger partial charge in [0.05, 0.1) is 38.7 Å². The average Bonchev–Trinajstić information content (AvgIpc) is 3.68. The van der Waals surface area contributed by atoms with Gasteiger partial charge in [0, 0.05) is 41.7 Å². The maximum atomic E-state index is 12.7. The molecule has 1 aliphatic rings. The monoisotopic (exact) mass is 499 g/mol. The predicted molar refractivity (Wildman–Crippen MR) is 129 cm³/mol. The molecule has 1 saturated carbocycles. The Morgan fingerprint density at radius 3 is 2.57 bits per heavy atom. The summed E-state index contributed by atoms with van der Waals surface area (Å²) in [6.45, 7) is -2.77. The van der Waals surface area contributed by atoms with Crippen LogP contribution >= 0.6 is 0 Å². The lowest BCUT2D eigenvalue weighted by Crippen LogP contribution is -2.22. The molecule has 1 aromatic carbocycles. The van der Waals surface area contributed by atoms with Crippen molar-refractivity contribution in [2.45, 2.75) is 17.7 Å². The van der Waals surface area contributed by atoms with Crippen LogP contribution in [-0.4, -0.2) is 56.5 Å². The summed E-state index contributed by atoms with van der Waals surface area (Å²) in [6.07, 6.45) is 5.41. The number of amides is 2. The molecule has 2 aromatic heterocycles. The average molecular weight is 500 g/mol. The lowest BCUT2D eigenvalue weighted by molar-refractivity contribution is -0.117. The topological polar surface area (TPSA) is 172 Å². The Balaban J connectivity index is 1.73. The van der Waals surface area contributed by atoms with Crippen LogP contribution in [0.4, 0.5) is 17.2 Å². The largest absolute Gasteiger partial charge is 0.494 e. The molecular weight excluding hydrogens is 472 g/mol. The summed E-state index contributed by atoms with van der Waals surface area (Å²) in [5, 5.41) is 15.2. The number of benzene rings is 1. The molecule has 4 rings (SSSR count). The second kappa shape index (κ2) is 9.62. The number of para-hydroxylation sites is 1. The first-order valence-corrected chi connectivity index (χ1v) is 12.3. The lowest BCUT2D eigenvalue weighted by atomic mass is 10.1. The normalized spacial score (nSPS) is 16.1. The molecule has 4 N–H and O–H groups in total. The molecule has 0 saturated heterocycles. The molecule has 1 fully saturated rings. The number of aromatic nitrogens is 4. The number of anilines is 3. The Labute approximate surface area is 206 Å². The van der Waals surface area contributed by atoms with E-state index < -0.39 is 22.6 Å². The molecule has 2 amide bonds. The van der Waals surface area contributed by atoms with Gasteiger partial charge in [-0.05, 0) is 25.0 Å². The molecule has 182 valence electrons. The molecule has 35 heavy (non-hydrogen) atoms. The quantitative estimate of drug-likeness (QED) is 0.363. The first kappa shape index (κ1) is 20.3. The summed E-state index contributed by atoms with van der Waals surface area (Å²) in [7, 11) is -1.58. The zero-order chi connectivity index (χ0) is 27.7. The third kappa shape index (κ3) is 5.35. The molecule has 0 spiro atoms. The highest BCUT2D eigenvalue weighted by atomic mass is 32.2. The number of carbonyl (C=O) groups is 2. The van der Waals surface area contributed by atoms with Gasteiger partial charge in [0.25, 0.3) is 5.91 Å². The fourth-order valence-electron chi connectivity index (χ4n) is 3.18. The fourth-order valence-corrected chi connectivity index (χ4v) is 3.69. The van der Waals surface area contributed by atoms with Gasteiger partial charge in [-0.1, -0.05) is 6.07 Å². The van der Waals surface area contributed by atoms with Crippen LogP contribution in [0, 0.1) is 10.7 Å². The van der Waals surface area contributed by atoms with E-state index in [0.717, 1.165) is 12.8 Å². The second-order valence-electron chi connectivity index (χ2n) is 7.81. The smallest absolute Gasteiger partial charge is 0.273 e. The van der Waals surface area contributed by atoms with Gasteiger partial charge in [0.1, 0.15) is 0 Å². The number of hydrogen-bond acceptors (Lipinski definition) is 10. The van der Waals surface area contributed by atoms with Crippen LogP contribution in [0.1, 0.15) is 27.4 Å². The first-order valence-electron chi connectivity index (χ1n) is 11.9. The van der Waals surface area contributed by atoms with Gasteiger partial charge in [-0.15, -0.1) is 10.2 Å². The van der Waals surface area contributed by atoms with E-state index in [1.165, 1.54) is 31.8 Å². The van der Waals surface area contributed by atoms with Gasteiger partial charge >= 0.3 is 0 Å². The number of nitrogens with zero attached hydrogens (tertiary/aromatic N) is 4. The van der Waals surface area contributed by atoms with Crippen molar-refractivity contribution in [3.05, 3.63) is 42.4 Å². The maximum Gasteiger partial charge on any atom is 0.273 e. The Kier molecular flexibility index (Phi) is 5.57. The lowest BCUT2D eigenvalue weighted by Gasteiger charge is -2.16. The predicted octanol–water partition coefficient (Wildman–Crippen LogP) is 2.43. The third-order valence-corrected chi connectivity index (χ3v) is 6.24. The Morgan fingerprint density at radius 2 is 1.94 bits per heavy atom. The first-order chi connectivity index (χ1) is 17.9. The van der Waals surface area contributed by atoms with Crippen LogP contribution in [0.25, 0.3) is 11.4 Å². The van der Waals surface area contributed by atoms with Gasteiger partial charge < -0.3 is 20.7 Å². The fraction of sp³-hybridized carbons (Fsp3) is 0.273. The van der Waals surface area contributed by atoms with E-state index in [1.807, 2.05) is 5.32 Å². The van der Waals surface area contributed by atoms with Crippen LogP contribution in [0.5, 0.6) is 5.75 Å². The van der Waals surface area contributed by atoms with Gasteiger partial charge in [-0.3, -0.25) is 9.59 Å². The van der Waals surface area contributed by atoms with Crippen molar-refractivity contribution < 1.29 is 22.6 Å². The number of hydrogen-bond donors (Lipinski definition) is 4. The summed E-state index contributed by atoms with van der Waals surface area (Å²) >= 11 is 0. The molecule has 12 nitrogen and oxygen atoms in total. The highest BCUT2D eigenvalue weighted by Gasteiger charge is 2.30. The summed E-state index contributed by atoms with van der Waals surface area (Å²) in [6, 6.07) is 6.34. The molecule has 0 unspecified atom stereocenters. The van der Waals surface area contributed by atoms with E-state index in [-0.39, 0.29) is 45.5 Å². The molecule has 3 aromatic rings. The number of ether oxygens (including phenoxy) is 1. The van der Waals surface area contributed by atoms with Crippen LogP contribution in [0.3, 0.4) is 0 Å². The summed E-state index contributed by atoms with van der Waals surface area (Å²) in [5.41, 5.74) is 0.508. The van der Waals surface area contributed by atoms with Crippen molar-refractivity contribution >= 4 is 38.7 Å². The van der Waals surface area contributed by atoms with E-state index in [4.69, 9.17) is 13.6 Å². The number of carbonyl (C=O) groups excluding carboxylic acids is 2. The van der Waals surface area contributed by atoms with Gasteiger partial charge in [-0.25, -0.2) is 19.0 Å². The van der Waals surface area contributed by atoms with Crippen LogP contribution in [0.2, 0.25) is 0 Å². The molecule has 13 heteroatoms. The minimum absolute atomic E-state index is 0.0551. The highest BCUT2D eigenvalue weighted by Crippen LogP contribution is 2.37. The molecular formula is C22H24N8O4S. The zero-order valence-electron chi connectivity index (χ0n) is 21.8. The Hall–Kier alpha value is -4.13. The molecule has 0 radical (unpaired) electrons. The van der Waals surface area contributed by atoms with Crippen molar-refractivity contribution in [2.75, 3.05) is 31.0 Å². The van der Waals surface area contributed by atoms with E-state index in [1.54, 1.807) is 18.2 Å². The minimum Gasteiger partial charge on any atom is -0.494 e. The van der Waals surface area contributed by atoms with Crippen molar-refractivity contribution in [1.82, 2.24) is 25.5 Å². The Morgan fingerprint density at radius 1 is 1.20 bits per heavy atom. The minimum atomic E-state index is -3.00. The van der Waals surface area contributed by atoms with E-state index in [9.17, 15) is 13.8 Å². The maximum absolute atomic E-state index is 12.7. The standard InChI is InChI=1S/C22H24N8O4S/c1-24-22(32)18-16(9-17(29-30-18)28-21(31)12-7-8-12)27-15-6-4-5-14(19(15)34-2)20-25-10-13(11-26-20)35(3,23)33/h4-6,9-12,23H,7-8H2,1-3H3,(H,24,32)(H2,27,28,29,31)/t35-/m1/s1/i1D3. The van der Waals surface area contributed by atoms with Gasteiger partial charge in [-0.2, -0.15) is 0 Å². The number of rotatable bonds is 8. The number of methoxy groups -OCH3 is 1. The number of nitrogens with one attached hydrogen (secondary N) is 4. The van der Waals surface area contributed by atoms with Crippen molar-refractivity contribution in [3.8, 4) is 17.1 Å². The van der Waals surface area contributed by atoms with E-state index in [2.05, 4.69) is 30.8 Å². The summed E-state index contributed by atoms with van der Waals surface area (Å²) in [5.74, 6) is -0.774. The SMILES string of the molecule is [2H]C([2H])([2H])NC(=O)c1nnc(NC(=O)C2CC2)cc1Nc1cccc(-c2ncc([S@](C)(=N)=O)cn2)c1OC. The van der Waals surface area contributed by atoms with Crippen LogP contribution < -0.4 is 20.7 Å². The molecule has 0 aliphatic heterocycles. The van der Waals surface area contributed by atoms with E-state index in [0.29, 0.717) is 11.3 Å². The van der Waals surface area contributed by atoms with Gasteiger partial charge in [0.2, 0.25) is 5.91 Å². The Bertz CT molecular complexity index is 1490. The zero-order valence-corrected chi connectivity index (χ0v) is 19.6.